The lowest BCUT2D eigenvalue weighted by Crippen LogP contribution is -2.58. The molecule has 0 bridgehead atoms. The molecule has 1 fully saturated rings. The normalized spacial score (nSPS) is 18.7. The molecule has 0 spiro atoms. The molecule has 4 nitrogen and oxygen atoms in total. The van der Waals surface area contributed by atoms with E-state index in [1.165, 1.54) is 11.0 Å². The molecule has 2 rings (SSSR count). The quantitative estimate of drug-likeness (QED) is 0.804. The van der Waals surface area contributed by atoms with Crippen LogP contribution >= 0.6 is 11.3 Å². The van der Waals surface area contributed by atoms with Crippen LogP contribution in [0.5, 0.6) is 0 Å². The fourth-order valence-corrected chi connectivity index (χ4v) is 3.71. The first-order chi connectivity index (χ1) is 10.4. The third kappa shape index (κ3) is 3.09. The van der Waals surface area contributed by atoms with E-state index in [4.69, 9.17) is 0 Å². The van der Waals surface area contributed by atoms with Crippen molar-refractivity contribution >= 4 is 23.2 Å². The van der Waals surface area contributed by atoms with Crippen LogP contribution < -0.4 is 0 Å². The molecule has 2 amide bonds. The lowest BCUT2D eigenvalue weighted by molar-refractivity contribution is -0.131. The summed E-state index contributed by atoms with van der Waals surface area (Å²) in [6, 6.07) is 0.0447. The van der Waals surface area contributed by atoms with E-state index in [1.807, 2.05) is 29.0 Å². The van der Waals surface area contributed by atoms with E-state index in [9.17, 15) is 9.59 Å². The Labute approximate surface area is 136 Å². The summed E-state index contributed by atoms with van der Waals surface area (Å²) < 4.78 is 0. The zero-order valence-corrected chi connectivity index (χ0v) is 14.6. The second kappa shape index (κ2) is 6.65. The lowest BCUT2D eigenvalue weighted by Gasteiger charge is -2.43. The summed E-state index contributed by atoms with van der Waals surface area (Å²) in [5, 5.41) is 1.94. The predicted octanol–water partition coefficient (Wildman–Crippen LogP) is 2.86. The fraction of sp³-hybridized carbons (Fsp3) is 0.529. The average Bonchev–Trinajstić information content (AvgIpc) is 2.84. The number of rotatable bonds is 3. The largest absolute Gasteiger partial charge is 0.335 e. The third-order valence-corrected chi connectivity index (χ3v) is 5.46. The summed E-state index contributed by atoms with van der Waals surface area (Å²) in [5.74, 6) is 0.330. The predicted molar refractivity (Wildman–Crippen MR) is 90.2 cm³/mol. The molecule has 1 atom stereocenters. The van der Waals surface area contributed by atoms with Gasteiger partial charge < -0.3 is 9.80 Å². The van der Waals surface area contributed by atoms with Crippen LogP contribution in [0.25, 0.3) is 0 Å². The highest BCUT2D eigenvalue weighted by molar-refractivity contribution is 7.10. The summed E-state index contributed by atoms with van der Waals surface area (Å²) in [4.78, 5) is 29.7. The molecule has 0 unspecified atom stereocenters. The summed E-state index contributed by atoms with van der Waals surface area (Å²) in [6.07, 6.45) is 1.36. The molecule has 2 heterocycles. The van der Waals surface area contributed by atoms with Crippen molar-refractivity contribution in [3.05, 3.63) is 34.0 Å². The zero-order chi connectivity index (χ0) is 16.4. The number of carbonyl (C=O) groups is 2. The van der Waals surface area contributed by atoms with Crippen molar-refractivity contribution in [2.75, 3.05) is 19.6 Å². The topological polar surface area (TPSA) is 40.6 Å². The minimum Gasteiger partial charge on any atom is -0.335 e. The summed E-state index contributed by atoms with van der Waals surface area (Å²) in [6.45, 7) is 13.5. The Morgan fingerprint density at radius 3 is 2.55 bits per heavy atom. The highest BCUT2D eigenvalue weighted by Gasteiger charge is 2.34. The molecule has 0 aliphatic carbocycles. The van der Waals surface area contributed by atoms with E-state index in [2.05, 4.69) is 20.4 Å². The summed E-state index contributed by atoms with van der Waals surface area (Å²) in [5.41, 5.74) is 1.87. The molecule has 1 aromatic rings. The van der Waals surface area contributed by atoms with Gasteiger partial charge in [0.2, 0.25) is 5.91 Å². The van der Waals surface area contributed by atoms with E-state index in [0.29, 0.717) is 25.6 Å². The van der Waals surface area contributed by atoms with Gasteiger partial charge in [-0.3, -0.25) is 9.59 Å². The second-order valence-electron chi connectivity index (χ2n) is 6.13. The van der Waals surface area contributed by atoms with E-state index in [-0.39, 0.29) is 17.9 Å². The SMILES string of the molecule is C=CC(=O)N1CCN(C(=O)c2csc(C)c2C)C[C@@H]1C(C)C. The molecule has 1 aliphatic rings. The lowest BCUT2D eigenvalue weighted by atomic mass is 9.98. The molecule has 0 saturated carbocycles. The van der Waals surface area contributed by atoms with Crippen LogP contribution in [0, 0.1) is 19.8 Å². The number of nitrogens with zero attached hydrogens (tertiary/aromatic N) is 2. The maximum absolute atomic E-state index is 12.8. The van der Waals surface area contributed by atoms with Gasteiger partial charge in [-0.25, -0.2) is 0 Å². The van der Waals surface area contributed by atoms with Crippen molar-refractivity contribution < 1.29 is 9.59 Å². The van der Waals surface area contributed by atoms with Gasteiger partial charge in [0.05, 0.1) is 11.6 Å². The number of hydrogen-bond acceptors (Lipinski definition) is 3. The van der Waals surface area contributed by atoms with E-state index >= 15 is 0 Å². The van der Waals surface area contributed by atoms with E-state index in [1.54, 1.807) is 11.3 Å². The Kier molecular flexibility index (Phi) is 5.06. The molecule has 1 aliphatic heterocycles. The van der Waals surface area contributed by atoms with Gasteiger partial charge >= 0.3 is 0 Å². The van der Waals surface area contributed by atoms with Gasteiger partial charge in [0.15, 0.2) is 0 Å². The molecule has 22 heavy (non-hydrogen) atoms. The zero-order valence-electron chi connectivity index (χ0n) is 13.8. The van der Waals surface area contributed by atoms with Crippen molar-refractivity contribution in [2.45, 2.75) is 33.7 Å². The molecule has 0 N–H and O–H groups in total. The molecule has 1 aromatic heterocycles. The first-order valence-corrected chi connectivity index (χ1v) is 8.51. The van der Waals surface area contributed by atoms with Crippen LogP contribution in [0.3, 0.4) is 0 Å². The van der Waals surface area contributed by atoms with Crippen LogP contribution in [0.15, 0.2) is 18.0 Å². The Bertz CT molecular complexity index is 591. The number of aryl methyl sites for hydroxylation is 1. The van der Waals surface area contributed by atoms with Crippen LogP contribution in [0.4, 0.5) is 0 Å². The van der Waals surface area contributed by atoms with Crippen molar-refractivity contribution in [2.24, 2.45) is 5.92 Å². The van der Waals surface area contributed by atoms with Crippen molar-refractivity contribution in [1.82, 2.24) is 9.80 Å². The molecule has 120 valence electrons. The van der Waals surface area contributed by atoms with Gasteiger partial charge in [0.1, 0.15) is 0 Å². The number of thiophene rings is 1. The summed E-state index contributed by atoms with van der Waals surface area (Å²) >= 11 is 1.61. The van der Waals surface area contributed by atoms with Crippen LogP contribution in [0.1, 0.15) is 34.6 Å². The first-order valence-electron chi connectivity index (χ1n) is 7.63. The first kappa shape index (κ1) is 16.7. The van der Waals surface area contributed by atoms with Crippen LogP contribution in [0.2, 0.25) is 0 Å². The maximum atomic E-state index is 12.8. The molecular weight excluding hydrogens is 296 g/mol. The Balaban J connectivity index is 2.18. The number of piperazine rings is 1. The Morgan fingerprint density at radius 2 is 2.05 bits per heavy atom. The van der Waals surface area contributed by atoms with Crippen molar-refractivity contribution in [1.29, 1.82) is 0 Å². The van der Waals surface area contributed by atoms with E-state index in [0.717, 1.165) is 11.1 Å². The average molecular weight is 320 g/mol. The van der Waals surface area contributed by atoms with Crippen molar-refractivity contribution in [3.63, 3.8) is 0 Å². The van der Waals surface area contributed by atoms with Crippen LogP contribution in [-0.4, -0.2) is 47.3 Å². The standard InChI is InChI=1S/C17H24N2O2S/c1-6-16(20)19-8-7-18(9-15(19)11(2)3)17(21)14-10-22-13(5)12(14)4/h6,10-11,15H,1,7-9H2,2-5H3/t15-/m1/s1. The highest BCUT2D eigenvalue weighted by atomic mass is 32.1. The van der Waals surface area contributed by atoms with Gasteiger partial charge in [0.25, 0.3) is 5.91 Å². The highest BCUT2D eigenvalue weighted by Crippen LogP contribution is 2.24. The fourth-order valence-electron chi connectivity index (χ4n) is 2.85. The number of carbonyl (C=O) groups excluding carboxylic acids is 2. The minimum atomic E-state index is -0.0478. The van der Waals surface area contributed by atoms with Gasteiger partial charge in [-0.2, -0.15) is 0 Å². The number of hydrogen-bond donors (Lipinski definition) is 0. The smallest absolute Gasteiger partial charge is 0.255 e. The Morgan fingerprint density at radius 1 is 1.36 bits per heavy atom. The van der Waals surface area contributed by atoms with Crippen LogP contribution in [-0.2, 0) is 4.79 Å². The molecule has 1 saturated heterocycles. The Hall–Kier alpha value is -1.62. The molecular formula is C17H24N2O2S. The van der Waals surface area contributed by atoms with Gasteiger partial charge in [0, 0.05) is 29.9 Å². The molecule has 0 radical (unpaired) electrons. The number of amides is 2. The van der Waals surface area contributed by atoms with Gasteiger partial charge in [-0.15, -0.1) is 11.3 Å². The molecule has 0 aromatic carbocycles. The third-order valence-electron chi connectivity index (χ3n) is 4.45. The van der Waals surface area contributed by atoms with Gasteiger partial charge in [-0.1, -0.05) is 20.4 Å². The summed E-state index contributed by atoms with van der Waals surface area (Å²) in [7, 11) is 0. The van der Waals surface area contributed by atoms with Gasteiger partial charge in [-0.05, 0) is 31.4 Å². The minimum absolute atomic E-state index is 0.0447. The maximum Gasteiger partial charge on any atom is 0.255 e. The van der Waals surface area contributed by atoms with Crippen molar-refractivity contribution in [3.8, 4) is 0 Å². The molecule has 5 heteroatoms. The van der Waals surface area contributed by atoms with E-state index < -0.39 is 0 Å². The second-order valence-corrected chi connectivity index (χ2v) is 7.21. The monoisotopic (exact) mass is 320 g/mol.